The molecule has 0 saturated carbocycles. The third-order valence-electron chi connectivity index (χ3n) is 4.97. The van der Waals surface area contributed by atoms with E-state index in [2.05, 4.69) is 16.2 Å². The molecule has 1 aliphatic rings. The van der Waals surface area contributed by atoms with Gasteiger partial charge in [-0.3, -0.25) is 25.2 Å². The van der Waals surface area contributed by atoms with Gasteiger partial charge in [0.1, 0.15) is 9.88 Å². The second-order valence-corrected chi connectivity index (χ2v) is 9.63. The van der Waals surface area contributed by atoms with Gasteiger partial charge in [-0.1, -0.05) is 36.2 Å². The molecule has 30 heavy (non-hydrogen) atoms. The van der Waals surface area contributed by atoms with Gasteiger partial charge < -0.3 is 5.32 Å². The minimum atomic E-state index is -0.428. The maximum atomic E-state index is 13.0. The van der Waals surface area contributed by atoms with Gasteiger partial charge in [-0.05, 0) is 37.3 Å². The van der Waals surface area contributed by atoms with Crippen LogP contribution in [0.25, 0.3) is 10.1 Å². The molecular weight excluding hydrogens is 442 g/mol. The predicted molar refractivity (Wildman–Crippen MR) is 122 cm³/mol. The molecule has 3 aromatic rings. The van der Waals surface area contributed by atoms with Crippen LogP contribution in [0, 0.1) is 0 Å². The van der Waals surface area contributed by atoms with Crippen LogP contribution < -0.4 is 16.2 Å². The number of anilines is 1. The number of carbonyl (C=O) groups is 3. The molecule has 0 bridgehead atoms. The number of hydrogen-bond donors (Lipinski definition) is 3. The van der Waals surface area contributed by atoms with Crippen molar-refractivity contribution in [3.8, 4) is 0 Å². The summed E-state index contributed by atoms with van der Waals surface area (Å²) in [5, 5.41) is 4.64. The van der Waals surface area contributed by atoms with E-state index in [0.717, 1.165) is 52.6 Å². The van der Waals surface area contributed by atoms with Crippen LogP contribution in [0.15, 0.2) is 24.3 Å². The number of hydrazine groups is 1. The average Bonchev–Trinajstić information content (AvgIpc) is 3.14. The molecule has 6 nitrogen and oxygen atoms in total. The molecule has 0 saturated heterocycles. The molecule has 3 amide bonds. The molecule has 0 radical (unpaired) electrons. The number of amides is 3. The molecule has 156 valence electrons. The zero-order chi connectivity index (χ0) is 21.3. The summed E-state index contributed by atoms with van der Waals surface area (Å²) in [6, 6.07) is 7.58. The molecule has 9 heteroatoms. The van der Waals surface area contributed by atoms with E-state index < -0.39 is 5.91 Å². The molecule has 2 aromatic heterocycles. The Morgan fingerprint density at radius 3 is 2.50 bits per heavy atom. The molecule has 4 rings (SSSR count). The lowest BCUT2D eigenvalue weighted by Crippen LogP contribution is -2.40. The smallest absolute Gasteiger partial charge is 0.272 e. The Bertz CT molecular complexity index is 1150. The first-order valence-corrected chi connectivity index (χ1v) is 11.7. The lowest BCUT2D eigenvalue weighted by Gasteiger charge is -2.10. The van der Waals surface area contributed by atoms with Gasteiger partial charge in [0.15, 0.2) is 0 Å². The molecule has 1 aromatic carbocycles. The first kappa shape index (κ1) is 20.8. The van der Waals surface area contributed by atoms with E-state index in [1.165, 1.54) is 29.6 Å². The van der Waals surface area contributed by atoms with Gasteiger partial charge in [0.05, 0.1) is 10.6 Å². The number of halogens is 1. The first-order valence-electron chi connectivity index (χ1n) is 9.65. The first-order chi connectivity index (χ1) is 14.5. The van der Waals surface area contributed by atoms with Gasteiger partial charge in [0.2, 0.25) is 5.91 Å². The van der Waals surface area contributed by atoms with Crippen molar-refractivity contribution in [1.29, 1.82) is 0 Å². The molecule has 0 spiro atoms. The summed E-state index contributed by atoms with van der Waals surface area (Å²) in [6.07, 6.45) is 4.79. The summed E-state index contributed by atoms with van der Waals surface area (Å²) in [5.74, 6) is -1.14. The topological polar surface area (TPSA) is 87.3 Å². The molecule has 2 heterocycles. The van der Waals surface area contributed by atoms with Crippen LogP contribution in [0.5, 0.6) is 0 Å². The maximum Gasteiger partial charge on any atom is 0.272 e. The Labute approximate surface area is 186 Å². The van der Waals surface area contributed by atoms with Crippen LogP contribution in [0.4, 0.5) is 5.00 Å². The predicted octanol–water partition coefficient (Wildman–Crippen LogP) is 4.92. The van der Waals surface area contributed by atoms with Crippen LogP contribution in [-0.4, -0.2) is 17.7 Å². The van der Waals surface area contributed by atoms with Crippen molar-refractivity contribution in [2.45, 2.75) is 39.0 Å². The zero-order valence-electron chi connectivity index (χ0n) is 16.3. The monoisotopic (exact) mass is 461 g/mol. The Hall–Kier alpha value is -2.42. The normalized spacial score (nSPS) is 13.4. The summed E-state index contributed by atoms with van der Waals surface area (Å²) in [4.78, 5) is 38.6. The summed E-state index contributed by atoms with van der Waals surface area (Å²) in [7, 11) is 0. The minimum absolute atomic E-state index is 0.341. The third kappa shape index (κ3) is 4.08. The molecule has 0 fully saturated rings. The van der Waals surface area contributed by atoms with E-state index in [0.29, 0.717) is 20.5 Å². The van der Waals surface area contributed by atoms with E-state index in [1.807, 2.05) is 24.3 Å². The van der Waals surface area contributed by atoms with Crippen molar-refractivity contribution >= 4 is 67.1 Å². The zero-order valence-corrected chi connectivity index (χ0v) is 18.7. The molecule has 3 N–H and O–H groups in total. The standard InChI is InChI=1S/C21H20ClN3O3S2/c1-11(26)24-25-19(27)16-12-7-3-2-4-9-14(12)30-21(16)23-20(28)18-17(22)13-8-5-6-10-15(13)29-18/h5-6,8,10H,2-4,7,9H2,1H3,(H,23,28)(H,24,26)(H,25,27). The Morgan fingerprint density at radius 2 is 1.73 bits per heavy atom. The van der Waals surface area contributed by atoms with Crippen LogP contribution in [-0.2, 0) is 17.6 Å². The van der Waals surface area contributed by atoms with Gasteiger partial charge in [0, 0.05) is 21.9 Å². The van der Waals surface area contributed by atoms with Gasteiger partial charge in [-0.2, -0.15) is 0 Å². The highest BCUT2D eigenvalue weighted by Gasteiger charge is 2.27. The lowest BCUT2D eigenvalue weighted by atomic mass is 10.1. The number of thiophene rings is 2. The minimum Gasteiger partial charge on any atom is -0.312 e. The fraction of sp³-hybridized carbons (Fsp3) is 0.286. The number of carbonyl (C=O) groups excluding carboxylic acids is 3. The summed E-state index contributed by atoms with van der Waals surface area (Å²) < 4.78 is 0.929. The highest BCUT2D eigenvalue weighted by atomic mass is 35.5. The number of rotatable bonds is 3. The van der Waals surface area contributed by atoms with Crippen molar-refractivity contribution in [3.63, 3.8) is 0 Å². The largest absolute Gasteiger partial charge is 0.312 e. The van der Waals surface area contributed by atoms with Crippen LogP contribution in [0.1, 0.15) is 56.7 Å². The Balaban J connectivity index is 1.68. The average molecular weight is 462 g/mol. The van der Waals surface area contributed by atoms with E-state index >= 15 is 0 Å². The highest BCUT2D eigenvalue weighted by Crippen LogP contribution is 2.39. The number of nitrogens with one attached hydrogen (secondary N) is 3. The third-order valence-corrected chi connectivity index (χ3v) is 7.85. The fourth-order valence-corrected chi connectivity index (χ4v) is 6.29. The second-order valence-electron chi connectivity index (χ2n) is 7.10. The number of hydrogen-bond acceptors (Lipinski definition) is 5. The Kier molecular flexibility index (Phi) is 6.08. The molecule has 0 atom stereocenters. The summed E-state index contributed by atoms with van der Waals surface area (Å²) in [6.45, 7) is 1.32. The number of aryl methyl sites for hydroxylation is 1. The molecule has 0 unspecified atom stereocenters. The highest BCUT2D eigenvalue weighted by molar-refractivity contribution is 7.22. The van der Waals surface area contributed by atoms with E-state index in [-0.39, 0.29) is 11.8 Å². The summed E-state index contributed by atoms with van der Waals surface area (Å²) in [5.41, 5.74) is 6.15. The van der Waals surface area contributed by atoms with Crippen molar-refractivity contribution < 1.29 is 14.4 Å². The van der Waals surface area contributed by atoms with Gasteiger partial charge in [-0.25, -0.2) is 0 Å². The molecule has 1 aliphatic carbocycles. The fourth-order valence-electron chi connectivity index (χ4n) is 3.60. The number of fused-ring (bicyclic) bond motifs is 2. The van der Waals surface area contributed by atoms with E-state index in [1.54, 1.807) is 0 Å². The van der Waals surface area contributed by atoms with Crippen LogP contribution >= 0.6 is 34.3 Å². The van der Waals surface area contributed by atoms with Crippen molar-refractivity contribution in [3.05, 3.63) is 50.2 Å². The van der Waals surface area contributed by atoms with Crippen molar-refractivity contribution in [2.75, 3.05) is 5.32 Å². The van der Waals surface area contributed by atoms with Gasteiger partial charge in [-0.15, -0.1) is 22.7 Å². The van der Waals surface area contributed by atoms with Crippen molar-refractivity contribution in [2.24, 2.45) is 0 Å². The van der Waals surface area contributed by atoms with E-state index in [9.17, 15) is 14.4 Å². The van der Waals surface area contributed by atoms with E-state index in [4.69, 9.17) is 11.6 Å². The van der Waals surface area contributed by atoms with Gasteiger partial charge >= 0.3 is 0 Å². The maximum absolute atomic E-state index is 13.0. The number of benzene rings is 1. The Morgan fingerprint density at radius 1 is 0.967 bits per heavy atom. The molecule has 0 aliphatic heterocycles. The van der Waals surface area contributed by atoms with Crippen LogP contribution in [0.2, 0.25) is 5.02 Å². The summed E-state index contributed by atoms with van der Waals surface area (Å²) >= 11 is 9.20. The SMILES string of the molecule is CC(=O)NNC(=O)c1c(NC(=O)c2sc3ccccc3c2Cl)sc2c1CCCCC2. The second kappa shape index (κ2) is 8.75. The van der Waals surface area contributed by atoms with Crippen LogP contribution in [0.3, 0.4) is 0 Å². The quantitative estimate of drug-likeness (QED) is 0.382. The van der Waals surface area contributed by atoms with Crippen molar-refractivity contribution in [1.82, 2.24) is 10.9 Å². The van der Waals surface area contributed by atoms with Gasteiger partial charge in [0.25, 0.3) is 11.8 Å². The molecular formula is C21H20ClN3O3S2. The lowest BCUT2D eigenvalue weighted by molar-refractivity contribution is -0.119.